The zero-order valence-corrected chi connectivity index (χ0v) is 12.3. The first-order valence-corrected chi connectivity index (χ1v) is 7.17. The Morgan fingerprint density at radius 2 is 1.77 bits per heavy atom. The number of rotatable bonds is 2. The summed E-state index contributed by atoms with van der Waals surface area (Å²) >= 11 is 0. The molecule has 3 rings (SSSR count). The molecule has 0 spiro atoms. The molecule has 0 saturated carbocycles. The molecule has 2 aromatic rings. The fraction of sp³-hybridized carbons (Fsp3) is 0.312. The minimum atomic E-state index is -0.381. The summed E-state index contributed by atoms with van der Waals surface area (Å²) in [6.45, 7) is 5.01. The predicted octanol–water partition coefficient (Wildman–Crippen LogP) is 2.12. The van der Waals surface area contributed by atoms with Crippen LogP contribution in [0.25, 0.3) is 0 Å². The van der Waals surface area contributed by atoms with Crippen LogP contribution >= 0.6 is 0 Å². The molecule has 0 aliphatic carbocycles. The van der Waals surface area contributed by atoms with Crippen molar-refractivity contribution in [2.24, 2.45) is 0 Å². The van der Waals surface area contributed by atoms with Crippen LogP contribution in [0.1, 0.15) is 11.3 Å². The Bertz CT molecular complexity index is 699. The summed E-state index contributed by atoms with van der Waals surface area (Å²) in [5, 5.41) is 17.4. The fourth-order valence-electron chi connectivity index (χ4n) is 2.61. The second kappa shape index (κ2) is 5.98. The molecule has 1 aliphatic rings. The molecule has 1 aromatic heterocycles. The lowest BCUT2D eigenvalue weighted by atomic mass is 10.1. The number of benzene rings is 1. The highest BCUT2D eigenvalue weighted by Crippen LogP contribution is 2.23. The average Bonchev–Trinajstić information content (AvgIpc) is 2.56. The highest BCUT2D eigenvalue weighted by atomic mass is 19.1. The topological polar surface area (TPSA) is 56.0 Å². The minimum Gasteiger partial charge on any atom is -0.367 e. The van der Waals surface area contributed by atoms with Crippen molar-refractivity contribution in [2.75, 3.05) is 36.0 Å². The van der Waals surface area contributed by atoms with Crippen molar-refractivity contribution in [3.63, 3.8) is 0 Å². The van der Waals surface area contributed by atoms with Crippen molar-refractivity contribution in [3.05, 3.63) is 47.4 Å². The van der Waals surface area contributed by atoms with E-state index in [4.69, 9.17) is 5.26 Å². The van der Waals surface area contributed by atoms with Gasteiger partial charge in [-0.25, -0.2) is 4.39 Å². The molecule has 1 fully saturated rings. The quantitative estimate of drug-likeness (QED) is 0.850. The molecule has 1 saturated heterocycles. The van der Waals surface area contributed by atoms with Crippen LogP contribution in [0, 0.1) is 24.1 Å². The Hall–Kier alpha value is -2.68. The number of hydrogen-bond donors (Lipinski definition) is 0. The number of piperazine rings is 1. The van der Waals surface area contributed by atoms with Crippen LogP contribution < -0.4 is 9.80 Å². The van der Waals surface area contributed by atoms with Gasteiger partial charge in [-0.05, 0) is 37.3 Å². The molecule has 1 aromatic carbocycles. The van der Waals surface area contributed by atoms with Gasteiger partial charge in [0.1, 0.15) is 11.9 Å². The number of nitrogens with zero attached hydrogens (tertiary/aromatic N) is 5. The first kappa shape index (κ1) is 14.3. The molecular formula is C16H16FN5. The smallest absolute Gasteiger partial charge is 0.151 e. The predicted molar refractivity (Wildman–Crippen MR) is 82.3 cm³/mol. The molecule has 0 unspecified atom stereocenters. The van der Waals surface area contributed by atoms with E-state index in [0.29, 0.717) is 5.56 Å². The number of halogens is 1. The zero-order valence-electron chi connectivity index (χ0n) is 12.3. The molecule has 22 heavy (non-hydrogen) atoms. The molecular weight excluding hydrogens is 281 g/mol. The van der Waals surface area contributed by atoms with Gasteiger partial charge >= 0.3 is 0 Å². The van der Waals surface area contributed by atoms with Crippen LogP contribution in [0.15, 0.2) is 30.3 Å². The SMILES string of the molecule is Cc1ccc(N2CCN(c3ccc(F)cc3C#N)CC2)nn1. The summed E-state index contributed by atoms with van der Waals surface area (Å²) in [5.41, 5.74) is 2.06. The van der Waals surface area contributed by atoms with E-state index in [9.17, 15) is 4.39 Å². The second-order valence-corrected chi connectivity index (χ2v) is 5.28. The molecule has 0 radical (unpaired) electrons. The first-order valence-electron chi connectivity index (χ1n) is 7.17. The van der Waals surface area contributed by atoms with E-state index in [1.54, 1.807) is 6.07 Å². The number of aromatic nitrogens is 2. The van der Waals surface area contributed by atoms with Crippen molar-refractivity contribution in [2.45, 2.75) is 6.92 Å². The molecule has 112 valence electrons. The van der Waals surface area contributed by atoms with Gasteiger partial charge in [0.15, 0.2) is 5.82 Å². The average molecular weight is 297 g/mol. The lowest BCUT2D eigenvalue weighted by molar-refractivity contribution is 0.622. The fourth-order valence-corrected chi connectivity index (χ4v) is 2.61. The summed E-state index contributed by atoms with van der Waals surface area (Å²) in [7, 11) is 0. The van der Waals surface area contributed by atoms with Crippen LogP contribution in [0.4, 0.5) is 15.9 Å². The summed E-state index contributed by atoms with van der Waals surface area (Å²) < 4.78 is 13.2. The molecule has 0 N–H and O–H groups in total. The molecule has 0 bridgehead atoms. The van der Waals surface area contributed by atoms with E-state index in [-0.39, 0.29) is 5.82 Å². The Balaban J connectivity index is 1.72. The van der Waals surface area contributed by atoms with Gasteiger partial charge in [-0.1, -0.05) is 0 Å². The number of anilines is 2. The molecule has 0 atom stereocenters. The number of nitriles is 1. The maximum absolute atomic E-state index is 13.2. The minimum absolute atomic E-state index is 0.378. The molecule has 5 nitrogen and oxygen atoms in total. The Morgan fingerprint density at radius 1 is 1.05 bits per heavy atom. The number of hydrogen-bond acceptors (Lipinski definition) is 5. The monoisotopic (exact) mass is 297 g/mol. The van der Waals surface area contributed by atoms with Crippen molar-refractivity contribution in [1.82, 2.24) is 10.2 Å². The maximum Gasteiger partial charge on any atom is 0.151 e. The maximum atomic E-state index is 13.2. The molecule has 2 heterocycles. The van der Waals surface area contributed by atoms with E-state index in [2.05, 4.69) is 26.1 Å². The van der Waals surface area contributed by atoms with Gasteiger partial charge < -0.3 is 9.80 Å². The van der Waals surface area contributed by atoms with Crippen molar-refractivity contribution >= 4 is 11.5 Å². The Kier molecular flexibility index (Phi) is 3.88. The first-order chi connectivity index (χ1) is 10.7. The third kappa shape index (κ3) is 2.84. The Morgan fingerprint density at radius 3 is 2.41 bits per heavy atom. The van der Waals surface area contributed by atoms with Crippen molar-refractivity contribution < 1.29 is 4.39 Å². The zero-order chi connectivity index (χ0) is 15.5. The normalized spacial score (nSPS) is 14.8. The van der Waals surface area contributed by atoms with Crippen LogP contribution in [0.2, 0.25) is 0 Å². The van der Waals surface area contributed by atoms with E-state index in [1.165, 1.54) is 12.1 Å². The molecule has 6 heteroatoms. The van der Waals surface area contributed by atoms with Crippen LogP contribution in [0.5, 0.6) is 0 Å². The lowest BCUT2D eigenvalue weighted by Gasteiger charge is -2.36. The van der Waals surface area contributed by atoms with E-state index in [1.807, 2.05) is 19.1 Å². The van der Waals surface area contributed by atoms with Gasteiger partial charge in [0, 0.05) is 26.2 Å². The van der Waals surface area contributed by atoms with Gasteiger partial charge in [0.05, 0.1) is 16.9 Å². The van der Waals surface area contributed by atoms with Gasteiger partial charge in [-0.15, -0.1) is 5.10 Å². The highest BCUT2D eigenvalue weighted by Gasteiger charge is 2.20. The largest absolute Gasteiger partial charge is 0.367 e. The number of aryl methyl sites for hydroxylation is 1. The Labute approximate surface area is 128 Å². The molecule has 0 amide bonds. The van der Waals surface area contributed by atoms with Gasteiger partial charge in [0.25, 0.3) is 0 Å². The van der Waals surface area contributed by atoms with Gasteiger partial charge in [-0.3, -0.25) is 0 Å². The van der Waals surface area contributed by atoms with Crippen molar-refractivity contribution in [3.8, 4) is 6.07 Å². The standard InChI is InChI=1S/C16H16FN5/c1-12-2-5-16(20-19-12)22-8-6-21(7-9-22)15-4-3-14(17)10-13(15)11-18/h2-5,10H,6-9H2,1H3. The summed E-state index contributed by atoms with van der Waals surface area (Å²) in [5.74, 6) is 0.485. The summed E-state index contributed by atoms with van der Waals surface area (Å²) in [6, 6.07) is 10.3. The van der Waals surface area contributed by atoms with Crippen molar-refractivity contribution in [1.29, 1.82) is 5.26 Å². The van der Waals surface area contributed by atoms with Gasteiger partial charge in [0.2, 0.25) is 0 Å². The summed E-state index contributed by atoms with van der Waals surface area (Å²) in [6.07, 6.45) is 0. The van der Waals surface area contributed by atoms with Crippen LogP contribution in [-0.2, 0) is 0 Å². The van der Waals surface area contributed by atoms with E-state index < -0.39 is 0 Å². The highest BCUT2D eigenvalue weighted by molar-refractivity contribution is 5.60. The lowest BCUT2D eigenvalue weighted by Crippen LogP contribution is -2.47. The van der Waals surface area contributed by atoms with Crippen LogP contribution in [0.3, 0.4) is 0 Å². The van der Waals surface area contributed by atoms with E-state index >= 15 is 0 Å². The van der Waals surface area contributed by atoms with Gasteiger partial charge in [-0.2, -0.15) is 10.4 Å². The third-order valence-electron chi connectivity index (χ3n) is 3.81. The summed E-state index contributed by atoms with van der Waals surface area (Å²) in [4.78, 5) is 4.27. The van der Waals surface area contributed by atoms with E-state index in [0.717, 1.165) is 43.4 Å². The van der Waals surface area contributed by atoms with Crippen LogP contribution in [-0.4, -0.2) is 36.4 Å². The second-order valence-electron chi connectivity index (χ2n) is 5.28. The third-order valence-corrected chi connectivity index (χ3v) is 3.81. The molecule has 1 aliphatic heterocycles.